The lowest BCUT2D eigenvalue weighted by Crippen LogP contribution is -2.19. The summed E-state index contributed by atoms with van der Waals surface area (Å²) in [4.78, 5) is 10.8. The van der Waals surface area contributed by atoms with Gasteiger partial charge in [0.1, 0.15) is 21.7 Å². The van der Waals surface area contributed by atoms with Crippen LogP contribution in [0.5, 0.6) is 5.75 Å². The van der Waals surface area contributed by atoms with Gasteiger partial charge in [0.05, 0.1) is 17.4 Å². The fourth-order valence-corrected chi connectivity index (χ4v) is 3.81. The highest BCUT2D eigenvalue weighted by Crippen LogP contribution is 2.29. The summed E-state index contributed by atoms with van der Waals surface area (Å²) in [5.41, 5.74) is 5.25. The van der Waals surface area contributed by atoms with Crippen molar-refractivity contribution in [3.63, 3.8) is 0 Å². The van der Waals surface area contributed by atoms with Crippen LogP contribution in [0, 0.1) is 5.82 Å². The van der Waals surface area contributed by atoms with Gasteiger partial charge in [-0.25, -0.2) is 17.6 Å². The van der Waals surface area contributed by atoms with Gasteiger partial charge in [0.25, 0.3) is 10.0 Å². The predicted octanol–water partition coefficient (Wildman–Crippen LogP) is 2.09. The monoisotopic (exact) mass is 368 g/mol. The zero-order valence-electron chi connectivity index (χ0n) is 11.8. The third-order valence-corrected chi connectivity index (χ3v) is 4.87. The fraction of sp³-hybridized carbons (Fsp3) is 0. The fourth-order valence-electron chi connectivity index (χ4n) is 1.98. The third-order valence-electron chi connectivity index (χ3n) is 2.93. The van der Waals surface area contributed by atoms with Crippen LogP contribution in [-0.4, -0.2) is 23.3 Å². The van der Waals surface area contributed by atoms with Crippen LogP contribution in [0.25, 0.3) is 11.0 Å². The molecule has 0 aliphatic carbocycles. The maximum atomic E-state index is 13.4. The molecule has 24 heavy (non-hydrogen) atoms. The zero-order valence-corrected chi connectivity index (χ0v) is 13.4. The molecule has 0 saturated heterocycles. The van der Waals surface area contributed by atoms with Crippen molar-refractivity contribution >= 4 is 44.6 Å². The van der Waals surface area contributed by atoms with Crippen LogP contribution in [0.15, 0.2) is 41.3 Å². The standard InChI is InChI=1S/C13H9FN4O4S2/c14-7-4-5-10(22-13(15)19)9(6-7)18-24(20,21)11-3-1-2-8-12(11)17-23-16-8/h1-6,18H,(H2,15,19). The molecule has 3 aromatic rings. The summed E-state index contributed by atoms with van der Waals surface area (Å²) in [6, 6.07) is 7.41. The quantitative estimate of drug-likeness (QED) is 0.726. The van der Waals surface area contributed by atoms with Crippen molar-refractivity contribution in [1.29, 1.82) is 0 Å². The van der Waals surface area contributed by atoms with Crippen LogP contribution in [0.2, 0.25) is 0 Å². The predicted molar refractivity (Wildman–Crippen MR) is 84.8 cm³/mol. The van der Waals surface area contributed by atoms with Crippen molar-refractivity contribution < 1.29 is 22.3 Å². The summed E-state index contributed by atoms with van der Waals surface area (Å²) < 4.78 is 53.4. The van der Waals surface area contributed by atoms with Gasteiger partial charge in [-0.3, -0.25) is 4.72 Å². The number of amides is 1. The Hall–Kier alpha value is -2.79. The Labute approximate surface area is 139 Å². The molecule has 1 heterocycles. The first kappa shape index (κ1) is 16.1. The molecule has 0 aliphatic rings. The van der Waals surface area contributed by atoms with E-state index in [1.165, 1.54) is 12.1 Å². The summed E-state index contributed by atoms with van der Waals surface area (Å²) in [6.07, 6.45) is -1.16. The number of primary amides is 1. The number of sulfonamides is 1. The summed E-state index contributed by atoms with van der Waals surface area (Å²) >= 11 is 0.865. The molecule has 0 unspecified atom stereocenters. The van der Waals surface area contributed by atoms with Crippen molar-refractivity contribution in [2.45, 2.75) is 4.90 Å². The Balaban J connectivity index is 2.05. The van der Waals surface area contributed by atoms with E-state index < -0.39 is 21.9 Å². The number of carbonyl (C=O) groups is 1. The second-order valence-corrected chi connectivity index (χ2v) is 6.73. The number of benzene rings is 2. The third kappa shape index (κ3) is 3.12. The minimum absolute atomic E-state index is 0.136. The lowest BCUT2D eigenvalue weighted by atomic mass is 10.3. The average Bonchev–Trinajstić information content (AvgIpc) is 2.97. The van der Waals surface area contributed by atoms with Crippen molar-refractivity contribution in [3.05, 3.63) is 42.2 Å². The number of ether oxygens (including phenoxy) is 1. The molecule has 3 rings (SSSR count). The molecule has 0 aliphatic heterocycles. The molecule has 0 atom stereocenters. The minimum Gasteiger partial charge on any atom is -0.408 e. The van der Waals surface area contributed by atoms with E-state index in [0.29, 0.717) is 5.52 Å². The van der Waals surface area contributed by atoms with E-state index in [2.05, 4.69) is 18.2 Å². The largest absolute Gasteiger partial charge is 0.410 e. The SMILES string of the molecule is NC(=O)Oc1ccc(F)cc1NS(=O)(=O)c1cccc2nsnc12. The lowest BCUT2D eigenvalue weighted by molar-refractivity contribution is 0.211. The molecule has 0 bridgehead atoms. The van der Waals surface area contributed by atoms with E-state index in [9.17, 15) is 17.6 Å². The minimum atomic E-state index is -4.13. The van der Waals surface area contributed by atoms with Crippen LogP contribution in [0.4, 0.5) is 14.9 Å². The molecule has 0 spiro atoms. The number of nitrogens with zero attached hydrogens (tertiary/aromatic N) is 2. The summed E-state index contributed by atoms with van der Waals surface area (Å²) in [5, 5.41) is 0. The number of aromatic nitrogens is 2. The highest BCUT2D eigenvalue weighted by molar-refractivity contribution is 7.93. The Kier molecular flexibility index (Phi) is 4.03. The molecule has 11 heteroatoms. The topological polar surface area (TPSA) is 124 Å². The number of rotatable bonds is 4. The van der Waals surface area contributed by atoms with Crippen LogP contribution in [-0.2, 0) is 10.0 Å². The maximum absolute atomic E-state index is 13.4. The van der Waals surface area contributed by atoms with Crippen molar-refractivity contribution in [3.8, 4) is 5.75 Å². The molecule has 1 amide bonds. The van der Waals surface area contributed by atoms with E-state index in [4.69, 9.17) is 5.73 Å². The molecule has 124 valence electrons. The Morgan fingerprint density at radius 2 is 2.04 bits per heavy atom. The number of nitrogens with two attached hydrogens (primary N) is 1. The number of carbonyl (C=O) groups excluding carboxylic acids is 1. The summed E-state index contributed by atoms with van der Waals surface area (Å²) in [6.45, 7) is 0. The molecule has 8 nitrogen and oxygen atoms in total. The zero-order chi connectivity index (χ0) is 17.3. The first-order chi connectivity index (χ1) is 11.4. The van der Waals surface area contributed by atoms with Crippen LogP contribution in [0.3, 0.4) is 0 Å². The van der Waals surface area contributed by atoms with E-state index in [1.807, 2.05) is 0 Å². The van der Waals surface area contributed by atoms with Crippen LogP contribution >= 0.6 is 11.7 Å². The Morgan fingerprint density at radius 1 is 1.25 bits per heavy atom. The molecule has 1 aromatic heterocycles. The van der Waals surface area contributed by atoms with Crippen molar-refractivity contribution in [2.24, 2.45) is 5.73 Å². The van der Waals surface area contributed by atoms with Gasteiger partial charge in [-0.05, 0) is 24.3 Å². The van der Waals surface area contributed by atoms with E-state index in [-0.39, 0.29) is 21.8 Å². The van der Waals surface area contributed by atoms with E-state index in [1.54, 1.807) is 6.07 Å². The lowest BCUT2D eigenvalue weighted by Gasteiger charge is -2.12. The molecular weight excluding hydrogens is 359 g/mol. The first-order valence-corrected chi connectivity index (χ1v) is 8.59. The van der Waals surface area contributed by atoms with Gasteiger partial charge in [-0.1, -0.05) is 6.07 Å². The Morgan fingerprint density at radius 3 is 2.79 bits per heavy atom. The second-order valence-electron chi connectivity index (χ2n) is 4.56. The number of hydrogen-bond donors (Lipinski definition) is 2. The van der Waals surface area contributed by atoms with Crippen molar-refractivity contribution in [2.75, 3.05) is 4.72 Å². The number of hydrogen-bond acceptors (Lipinski definition) is 7. The molecule has 3 N–H and O–H groups in total. The molecule has 0 fully saturated rings. The van der Waals surface area contributed by atoms with Gasteiger partial charge in [0.15, 0.2) is 5.75 Å². The molecule has 2 aromatic carbocycles. The number of fused-ring (bicyclic) bond motifs is 1. The van der Waals surface area contributed by atoms with Gasteiger partial charge in [0.2, 0.25) is 0 Å². The van der Waals surface area contributed by atoms with Gasteiger partial charge < -0.3 is 10.5 Å². The summed E-state index contributed by atoms with van der Waals surface area (Å²) in [7, 11) is -4.13. The van der Waals surface area contributed by atoms with E-state index >= 15 is 0 Å². The number of anilines is 1. The van der Waals surface area contributed by atoms with Gasteiger partial charge in [-0.15, -0.1) is 0 Å². The highest BCUT2D eigenvalue weighted by atomic mass is 32.2. The van der Waals surface area contributed by atoms with Crippen LogP contribution in [0.1, 0.15) is 0 Å². The van der Waals surface area contributed by atoms with Crippen LogP contribution < -0.4 is 15.2 Å². The van der Waals surface area contributed by atoms with E-state index in [0.717, 1.165) is 29.9 Å². The van der Waals surface area contributed by atoms with Gasteiger partial charge >= 0.3 is 6.09 Å². The molecular formula is C13H9FN4O4S2. The summed E-state index contributed by atoms with van der Waals surface area (Å²) in [5.74, 6) is -0.950. The van der Waals surface area contributed by atoms with Gasteiger partial charge in [-0.2, -0.15) is 8.75 Å². The second kappa shape index (κ2) is 6.02. The smallest absolute Gasteiger partial charge is 0.408 e. The van der Waals surface area contributed by atoms with Gasteiger partial charge in [0, 0.05) is 6.07 Å². The number of nitrogens with one attached hydrogen (secondary N) is 1. The average molecular weight is 368 g/mol. The maximum Gasteiger partial charge on any atom is 0.410 e. The highest BCUT2D eigenvalue weighted by Gasteiger charge is 2.22. The number of halogens is 1. The normalized spacial score (nSPS) is 11.4. The Bertz CT molecular complexity index is 1040. The first-order valence-electron chi connectivity index (χ1n) is 6.38. The molecule has 0 saturated carbocycles. The molecule has 0 radical (unpaired) electrons. The van der Waals surface area contributed by atoms with Crippen molar-refractivity contribution in [1.82, 2.24) is 8.75 Å².